The van der Waals surface area contributed by atoms with E-state index < -0.39 is 0 Å². The number of anilines is 2. The Kier molecular flexibility index (Phi) is 4.88. The summed E-state index contributed by atoms with van der Waals surface area (Å²) in [6, 6.07) is 23.1. The van der Waals surface area contributed by atoms with Gasteiger partial charge in [0.15, 0.2) is 6.61 Å². The lowest BCUT2D eigenvalue weighted by molar-refractivity contribution is -0.121. The van der Waals surface area contributed by atoms with Crippen molar-refractivity contribution in [2.45, 2.75) is 13.0 Å². The van der Waals surface area contributed by atoms with Crippen LogP contribution in [0.3, 0.4) is 0 Å². The van der Waals surface area contributed by atoms with Crippen LogP contribution in [0.1, 0.15) is 11.1 Å². The van der Waals surface area contributed by atoms with Crippen LogP contribution in [0.15, 0.2) is 79.0 Å². The van der Waals surface area contributed by atoms with Gasteiger partial charge in [-0.2, -0.15) is 0 Å². The van der Waals surface area contributed by atoms with Gasteiger partial charge < -0.3 is 19.9 Å². The first-order valence-corrected chi connectivity index (χ1v) is 10.1. The van der Waals surface area contributed by atoms with Crippen LogP contribution < -0.4 is 15.0 Å². The summed E-state index contributed by atoms with van der Waals surface area (Å²) in [5, 5.41) is 3.99. The molecule has 2 amide bonds. The number of carbonyl (C=O) groups is 2. The van der Waals surface area contributed by atoms with E-state index in [1.54, 1.807) is 23.1 Å². The molecule has 0 saturated carbocycles. The van der Waals surface area contributed by atoms with Crippen molar-refractivity contribution in [2.75, 3.05) is 16.8 Å². The van der Waals surface area contributed by atoms with E-state index in [9.17, 15) is 9.59 Å². The van der Waals surface area contributed by atoms with E-state index in [-0.39, 0.29) is 24.8 Å². The minimum Gasteiger partial charge on any atom is -0.482 e. The van der Waals surface area contributed by atoms with Crippen molar-refractivity contribution in [1.29, 1.82) is 0 Å². The lowest BCUT2D eigenvalue weighted by Gasteiger charge is -2.30. The van der Waals surface area contributed by atoms with Gasteiger partial charge in [-0.3, -0.25) is 9.59 Å². The lowest BCUT2D eigenvalue weighted by Crippen LogP contribution is -2.38. The third-order valence-corrected chi connectivity index (χ3v) is 5.40. The van der Waals surface area contributed by atoms with E-state index in [1.807, 2.05) is 60.8 Å². The maximum absolute atomic E-state index is 12.7. The van der Waals surface area contributed by atoms with E-state index in [1.165, 1.54) is 0 Å². The largest absolute Gasteiger partial charge is 0.482 e. The predicted molar refractivity (Wildman–Crippen MR) is 120 cm³/mol. The van der Waals surface area contributed by atoms with Gasteiger partial charge in [0.1, 0.15) is 5.75 Å². The second-order valence-electron chi connectivity index (χ2n) is 7.52. The summed E-state index contributed by atoms with van der Waals surface area (Å²) in [6.07, 6.45) is 2.12. The minimum absolute atomic E-state index is 0.00605. The number of para-hydroxylation sites is 1. The first-order chi connectivity index (χ1) is 15.2. The average Bonchev–Trinajstić information content (AvgIpc) is 3.19. The van der Waals surface area contributed by atoms with Crippen LogP contribution >= 0.6 is 0 Å². The molecule has 6 heteroatoms. The molecule has 31 heavy (non-hydrogen) atoms. The van der Waals surface area contributed by atoms with E-state index in [2.05, 4.69) is 10.3 Å². The van der Waals surface area contributed by atoms with Crippen LogP contribution in [-0.2, 0) is 22.6 Å². The molecule has 0 radical (unpaired) electrons. The van der Waals surface area contributed by atoms with E-state index in [0.29, 0.717) is 23.7 Å². The van der Waals surface area contributed by atoms with Gasteiger partial charge in [0.25, 0.3) is 5.91 Å². The highest BCUT2D eigenvalue weighted by atomic mass is 16.5. The molecule has 2 heterocycles. The second-order valence-corrected chi connectivity index (χ2v) is 7.52. The summed E-state index contributed by atoms with van der Waals surface area (Å²) in [6.45, 7) is 0.453. The molecule has 0 bridgehead atoms. The number of hydrogen-bond donors (Lipinski definition) is 2. The van der Waals surface area contributed by atoms with Crippen molar-refractivity contribution in [3.05, 3.63) is 90.1 Å². The Morgan fingerprint density at radius 3 is 2.71 bits per heavy atom. The van der Waals surface area contributed by atoms with Gasteiger partial charge in [-0.1, -0.05) is 48.5 Å². The summed E-state index contributed by atoms with van der Waals surface area (Å²) >= 11 is 0. The number of carbonyl (C=O) groups excluding carboxylic acids is 2. The van der Waals surface area contributed by atoms with Gasteiger partial charge in [-0.05, 0) is 35.4 Å². The standard InChI is InChI=1S/C25H21N3O3/c29-24(12-18-14-26-21-9-5-4-8-20(18)21)27-19-10-11-23-22(13-19)28(25(30)16-31-23)15-17-6-2-1-3-7-17/h1-11,13-14,26H,12,15-16H2,(H,27,29). The smallest absolute Gasteiger partial charge is 0.265 e. The third kappa shape index (κ3) is 3.88. The van der Waals surface area contributed by atoms with E-state index in [4.69, 9.17) is 4.74 Å². The molecule has 1 aliphatic heterocycles. The molecule has 0 aliphatic carbocycles. The monoisotopic (exact) mass is 411 g/mol. The van der Waals surface area contributed by atoms with E-state index in [0.717, 1.165) is 22.0 Å². The van der Waals surface area contributed by atoms with Gasteiger partial charge in [0.05, 0.1) is 18.7 Å². The number of ether oxygens (including phenoxy) is 1. The number of nitrogens with one attached hydrogen (secondary N) is 2. The topological polar surface area (TPSA) is 74.4 Å². The fourth-order valence-electron chi connectivity index (χ4n) is 3.88. The molecule has 3 aromatic carbocycles. The quantitative estimate of drug-likeness (QED) is 0.515. The summed E-state index contributed by atoms with van der Waals surface area (Å²) in [5.74, 6) is 0.395. The SMILES string of the molecule is O=C(Cc1c[nH]c2ccccc12)Nc1ccc2c(c1)N(Cc1ccccc1)C(=O)CO2. The first kappa shape index (κ1) is 18.9. The normalized spacial score (nSPS) is 13.0. The highest BCUT2D eigenvalue weighted by Gasteiger charge is 2.26. The van der Waals surface area contributed by atoms with Crippen LogP contribution in [0.5, 0.6) is 5.75 Å². The lowest BCUT2D eigenvalue weighted by atomic mass is 10.1. The van der Waals surface area contributed by atoms with Gasteiger partial charge in [0, 0.05) is 22.8 Å². The van der Waals surface area contributed by atoms with Crippen molar-refractivity contribution in [3.8, 4) is 5.75 Å². The van der Waals surface area contributed by atoms with Crippen LogP contribution in [0.2, 0.25) is 0 Å². The number of fused-ring (bicyclic) bond motifs is 2. The Bertz CT molecular complexity index is 1260. The first-order valence-electron chi connectivity index (χ1n) is 10.1. The van der Waals surface area contributed by atoms with Crippen molar-refractivity contribution in [1.82, 2.24) is 4.98 Å². The molecule has 1 aliphatic rings. The Balaban J connectivity index is 1.36. The number of aromatic amines is 1. The highest BCUT2D eigenvalue weighted by Crippen LogP contribution is 2.35. The fraction of sp³-hybridized carbons (Fsp3) is 0.120. The molecular formula is C25H21N3O3. The molecule has 2 N–H and O–H groups in total. The van der Waals surface area contributed by atoms with Crippen LogP contribution in [0.25, 0.3) is 10.9 Å². The molecule has 5 rings (SSSR count). The zero-order chi connectivity index (χ0) is 21.2. The van der Waals surface area contributed by atoms with E-state index >= 15 is 0 Å². The molecule has 0 saturated heterocycles. The number of amides is 2. The predicted octanol–water partition coefficient (Wildman–Crippen LogP) is 4.27. The van der Waals surface area contributed by atoms with Crippen LogP contribution in [-0.4, -0.2) is 23.4 Å². The summed E-state index contributed by atoms with van der Waals surface area (Å²) in [4.78, 5) is 30.1. The van der Waals surface area contributed by atoms with Crippen molar-refractivity contribution in [2.24, 2.45) is 0 Å². The van der Waals surface area contributed by atoms with Gasteiger partial charge in [-0.25, -0.2) is 0 Å². The van der Waals surface area contributed by atoms with Crippen molar-refractivity contribution < 1.29 is 14.3 Å². The molecular weight excluding hydrogens is 390 g/mol. The molecule has 1 aromatic heterocycles. The van der Waals surface area contributed by atoms with Crippen molar-refractivity contribution >= 4 is 34.1 Å². The van der Waals surface area contributed by atoms with Gasteiger partial charge in [0.2, 0.25) is 5.91 Å². The maximum atomic E-state index is 12.7. The number of benzene rings is 3. The number of aromatic nitrogens is 1. The minimum atomic E-state index is -0.123. The maximum Gasteiger partial charge on any atom is 0.265 e. The van der Waals surface area contributed by atoms with Gasteiger partial charge >= 0.3 is 0 Å². The van der Waals surface area contributed by atoms with Crippen LogP contribution in [0, 0.1) is 0 Å². The average molecular weight is 411 g/mol. The Hall–Kier alpha value is -4.06. The molecule has 0 spiro atoms. The Morgan fingerprint density at radius 1 is 1.03 bits per heavy atom. The zero-order valence-corrected chi connectivity index (χ0v) is 16.8. The van der Waals surface area contributed by atoms with Gasteiger partial charge in [-0.15, -0.1) is 0 Å². The molecule has 4 aromatic rings. The summed E-state index contributed by atoms with van der Waals surface area (Å²) in [5.41, 5.74) is 4.25. The second kappa shape index (κ2) is 7.99. The summed E-state index contributed by atoms with van der Waals surface area (Å²) < 4.78 is 5.59. The molecule has 0 fully saturated rings. The Morgan fingerprint density at radius 2 is 1.84 bits per heavy atom. The molecule has 6 nitrogen and oxygen atoms in total. The number of hydrogen-bond acceptors (Lipinski definition) is 3. The zero-order valence-electron chi connectivity index (χ0n) is 16.8. The van der Waals surface area contributed by atoms with Crippen molar-refractivity contribution in [3.63, 3.8) is 0 Å². The molecule has 0 unspecified atom stereocenters. The number of H-pyrrole nitrogens is 1. The highest BCUT2D eigenvalue weighted by molar-refractivity contribution is 6.00. The summed E-state index contributed by atoms with van der Waals surface area (Å²) in [7, 11) is 0. The number of rotatable bonds is 5. The number of nitrogens with zero attached hydrogens (tertiary/aromatic N) is 1. The van der Waals surface area contributed by atoms with Crippen LogP contribution in [0.4, 0.5) is 11.4 Å². The molecule has 0 atom stereocenters. The Labute approximate surface area is 179 Å². The molecule has 154 valence electrons. The fourth-order valence-corrected chi connectivity index (χ4v) is 3.88. The third-order valence-electron chi connectivity index (χ3n) is 5.40.